The van der Waals surface area contributed by atoms with Gasteiger partial charge in [0.25, 0.3) is 0 Å². The molecule has 0 aromatic heterocycles. The highest BCUT2D eigenvalue weighted by atomic mass is 16.5. The van der Waals surface area contributed by atoms with Crippen LogP contribution in [-0.4, -0.2) is 29.7 Å². The van der Waals surface area contributed by atoms with Gasteiger partial charge in [0.1, 0.15) is 0 Å². The second kappa shape index (κ2) is 7.26. The summed E-state index contributed by atoms with van der Waals surface area (Å²) in [7, 11) is -1.62. The molecule has 0 atom stereocenters. The number of carbonyl (C=O) groups excluding carboxylic acids is 1. The van der Waals surface area contributed by atoms with Crippen LogP contribution in [-0.2, 0) is 9.53 Å². The summed E-state index contributed by atoms with van der Waals surface area (Å²) in [6.45, 7) is 5.46. The van der Waals surface area contributed by atoms with Crippen LogP contribution < -0.4 is 0 Å². The minimum absolute atomic E-state index is 0.219. The summed E-state index contributed by atoms with van der Waals surface area (Å²) in [5.41, 5.74) is 0.489. The molecule has 0 fully saturated rings. The Bertz CT molecular complexity index is 269. The molecule has 15 heavy (non-hydrogen) atoms. The highest BCUT2D eigenvalue weighted by Gasteiger charge is 2.21. The Morgan fingerprint density at radius 1 is 1.40 bits per heavy atom. The zero-order valence-corrected chi connectivity index (χ0v) is 9.36. The van der Waals surface area contributed by atoms with Crippen molar-refractivity contribution in [2.24, 2.45) is 0 Å². The SMILES string of the molecule is C/C=C\C(C(=O)OCC)=C(/CC)B(O)O. The van der Waals surface area contributed by atoms with E-state index in [0.29, 0.717) is 6.42 Å². The molecule has 0 radical (unpaired) electrons. The van der Waals surface area contributed by atoms with Crippen molar-refractivity contribution < 1.29 is 19.6 Å². The predicted octanol–water partition coefficient (Wildman–Crippen LogP) is 0.844. The van der Waals surface area contributed by atoms with Crippen molar-refractivity contribution in [2.45, 2.75) is 27.2 Å². The fourth-order valence-electron chi connectivity index (χ4n) is 1.19. The van der Waals surface area contributed by atoms with Crippen molar-refractivity contribution in [2.75, 3.05) is 6.61 Å². The van der Waals surface area contributed by atoms with Crippen LogP contribution >= 0.6 is 0 Å². The van der Waals surface area contributed by atoms with Gasteiger partial charge < -0.3 is 14.8 Å². The first-order chi connectivity index (χ1) is 7.08. The van der Waals surface area contributed by atoms with Gasteiger partial charge in [0.15, 0.2) is 0 Å². The molecular weight excluding hydrogens is 195 g/mol. The van der Waals surface area contributed by atoms with E-state index in [1.165, 1.54) is 6.08 Å². The van der Waals surface area contributed by atoms with Gasteiger partial charge in [-0.15, -0.1) is 0 Å². The Morgan fingerprint density at radius 3 is 2.33 bits per heavy atom. The number of hydrogen-bond donors (Lipinski definition) is 2. The minimum atomic E-state index is -1.62. The Morgan fingerprint density at radius 2 is 2.00 bits per heavy atom. The third-order valence-corrected chi connectivity index (χ3v) is 1.87. The monoisotopic (exact) mass is 212 g/mol. The molecule has 5 heteroatoms. The predicted molar refractivity (Wildman–Crippen MR) is 59.0 cm³/mol. The van der Waals surface area contributed by atoms with Crippen LogP contribution in [0.4, 0.5) is 0 Å². The lowest BCUT2D eigenvalue weighted by molar-refractivity contribution is -0.138. The lowest BCUT2D eigenvalue weighted by atomic mass is 9.74. The highest BCUT2D eigenvalue weighted by molar-refractivity contribution is 6.51. The quantitative estimate of drug-likeness (QED) is 0.306. The molecule has 0 aliphatic heterocycles. The Balaban J connectivity index is 5.14. The molecule has 0 bridgehead atoms. The van der Waals surface area contributed by atoms with E-state index in [2.05, 4.69) is 0 Å². The standard InChI is InChI=1S/C10H17BO4/c1-4-7-8(10(12)15-6-3)9(5-2)11(13)14/h4,7,13-14H,5-6H2,1-3H3/b7-4-,9-8-. The second-order valence-electron chi connectivity index (χ2n) is 2.89. The molecule has 0 saturated carbocycles. The van der Waals surface area contributed by atoms with Crippen LogP contribution in [0.15, 0.2) is 23.2 Å². The fourth-order valence-corrected chi connectivity index (χ4v) is 1.19. The summed E-state index contributed by atoms with van der Waals surface area (Å²) in [5.74, 6) is -0.527. The number of rotatable bonds is 5. The summed E-state index contributed by atoms with van der Waals surface area (Å²) < 4.78 is 4.82. The van der Waals surface area contributed by atoms with Gasteiger partial charge >= 0.3 is 13.1 Å². The van der Waals surface area contributed by atoms with Crippen LogP contribution in [0.5, 0.6) is 0 Å². The summed E-state index contributed by atoms with van der Waals surface area (Å²) >= 11 is 0. The van der Waals surface area contributed by atoms with E-state index in [1.807, 2.05) is 0 Å². The maximum Gasteiger partial charge on any atom is 0.485 e. The smallest absolute Gasteiger partial charge is 0.462 e. The highest BCUT2D eigenvalue weighted by Crippen LogP contribution is 2.13. The topological polar surface area (TPSA) is 66.8 Å². The van der Waals surface area contributed by atoms with E-state index >= 15 is 0 Å². The van der Waals surface area contributed by atoms with Crippen molar-refractivity contribution in [3.05, 3.63) is 23.2 Å². The van der Waals surface area contributed by atoms with Crippen molar-refractivity contribution in [3.63, 3.8) is 0 Å². The van der Waals surface area contributed by atoms with E-state index in [9.17, 15) is 4.79 Å². The summed E-state index contributed by atoms with van der Waals surface area (Å²) in [4.78, 5) is 11.5. The van der Waals surface area contributed by atoms with Gasteiger partial charge in [-0.3, -0.25) is 0 Å². The first-order valence-electron chi connectivity index (χ1n) is 4.97. The van der Waals surface area contributed by atoms with E-state index in [0.717, 1.165) is 0 Å². The maximum absolute atomic E-state index is 11.5. The summed E-state index contributed by atoms with van der Waals surface area (Å²) in [6, 6.07) is 0. The van der Waals surface area contributed by atoms with Gasteiger partial charge in [0.05, 0.1) is 12.2 Å². The maximum atomic E-state index is 11.5. The van der Waals surface area contributed by atoms with Gasteiger partial charge in [-0.1, -0.05) is 19.1 Å². The molecule has 0 heterocycles. The molecule has 0 rings (SSSR count). The van der Waals surface area contributed by atoms with E-state index in [4.69, 9.17) is 14.8 Å². The largest absolute Gasteiger partial charge is 0.485 e. The van der Waals surface area contributed by atoms with Gasteiger partial charge in [0, 0.05) is 0 Å². The number of esters is 1. The first-order valence-corrected chi connectivity index (χ1v) is 4.97. The Hall–Kier alpha value is -1.07. The summed E-state index contributed by atoms with van der Waals surface area (Å²) in [6.07, 6.45) is 3.57. The van der Waals surface area contributed by atoms with Crippen molar-refractivity contribution in [3.8, 4) is 0 Å². The van der Waals surface area contributed by atoms with Gasteiger partial charge in [-0.05, 0) is 25.7 Å². The molecule has 0 unspecified atom stereocenters. The third kappa shape index (κ3) is 4.31. The van der Waals surface area contributed by atoms with Crippen LogP contribution in [0.3, 0.4) is 0 Å². The Kier molecular flexibility index (Phi) is 6.74. The average Bonchev–Trinajstić information content (AvgIpc) is 2.17. The summed E-state index contributed by atoms with van der Waals surface area (Å²) in [5, 5.41) is 18.2. The van der Waals surface area contributed by atoms with E-state index in [-0.39, 0.29) is 17.7 Å². The van der Waals surface area contributed by atoms with Gasteiger partial charge in [-0.25, -0.2) is 4.79 Å². The molecule has 84 valence electrons. The molecule has 0 saturated heterocycles. The van der Waals surface area contributed by atoms with E-state index < -0.39 is 13.1 Å². The molecule has 0 aliphatic carbocycles. The number of allylic oxidation sites excluding steroid dienone is 2. The average molecular weight is 212 g/mol. The fraction of sp³-hybridized carbons (Fsp3) is 0.500. The molecule has 0 aliphatic rings. The number of carbonyl (C=O) groups is 1. The first kappa shape index (κ1) is 13.9. The minimum Gasteiger partial charge on any atom is -0.462 e. The van der Waals surface area contributed by atoms with Gasteiger partial charge in [-0.2, -0.15) is 0 Å². The lowest BCUT2D eigenvalue weighted by Crippen LogP contribution is -2.20. The van der Waals surface area contributed by atoms with Crippen molar-refractivity contribution in [1.29, 1.82) is 0 Å². The van der Waals surface area contributed by atoms with Crippen LogP contribution in [0.2, 0.25) is 0 Å². The van der Waals surface area contributed by atoms with Crippen LogP contribution in [0.25, 0.3) is 0 Å². The molecule has 0 aromatic rings. The molecule has 0 spiro atoms. The lowest BCUT2D eigenvalue weighted by Gasteiger charge is -2.09. The van der Waals surface area contributed by atoms with Crippen molar-refractivity contribution >= 4 is 13.1 Å². The third-order valence-electron chi connectivity index (χ3n) is 1.87. The Labute approximate surface area is 90.4 Å². The molecule has 2 N–H and O–H groups in total. The molecule has 0 aromatic carbocycles. The number of ether oxygens (including phenoxy) is 1. The molecular formula is C10H17BO4. The second-order valence-corrected chi connectivity index (χ2v) is 2.89. The van der Waals surface area contributed by atoms with Gasteiger partial charge in [0.2, 0.25) is 0 Å². The molecule has 4 nitrogen and oxygen atoms in total. The molecule has 0 amide bonds. The van der Waals surface area contributed by atoms with Crippen LogP contribution in [0, 0.1) is 0 Å². The zero-order valence-electron chi connectivity index (χ0n) is 9.36. The zero-order chi connectivity index (χ0) is 11.8. The van der Waals surface area contributed by atoms with Crippen molar-refractivity contribution in [1.82, 2.24) is 0 Å². The number of hydrogen-bond acceptors (Lipinski definition) is 4. The normalized spacial score (nSPS) is 12.6. The van der Waals surface area contributed by atoms with E-state index in [1.54, 1.807) is 26.8 Å². The van der Waals surface area contributed by atoms with Crippen LogP contribution in [0.1, 0.15) is 27.2 Å².